The molecule has 0 bridgehead atoms. The van der Waals surface area contributed by atoms with Gasteiger partial charge in [0.15, 0.2) is 0 Å². The van der Waals surface area contributed by atoms with E-state index in [2.05, 4.69) is 64.1 Å². The molecule has 1 aromatic heterocycles. The maximum atomic E-state index is 5.18. The quantitative estimate of drug-likeness (QED) is 0.804. The van der Waals surface area contributed by atoms with E-state index in [1.807, 2.05) is 18.2 Å². The molecule has 0 fully saturated rings. The summed E-state index contributed by atoms with van der Waals surface area (Å²) in [6.45, 7) is 6.27. The first-order chi connectivity index (χ1) is 9.99. The molecule has 2 rings (SSSR count). The molecule has 4 nitrogen and oxygen atoms in total. The van der Waals surface area contributed by atoms with Gasteiger partial charge in [0, 0.05) is 18.0 Å². The Balaban J connectivity index is 2.16. The van der Waals surface area contributed by atoms with Crippen LogP contribution in [0.3, 0.4) is 0 Å². The Morgan fingerprint density at radius 2 is 1.76 bits per heavy atom. The zero-order valence-electron chi connectivity index (χ0n) is 12.7. The van der Waals surface area contributed by atoms with Crippen LogP contribution in [0.15, 0.2) is 34.9 Å². The van der Waals surface area contributed by atoms with Gasteiger partial charge in [0.25, 0.3) is 0 Å². The zero-order chi connectivity index (χ0) is 15.4. The number of methoxy groups -OCH3 is 1. The Labute approximate surface area is 134 Å². The Morgan fingerprint density at radius 3 is 2.33 bits per heavy atom. The zero-order valence-corrected chi connectivity index (χ0v) is 14.3. The number of anilines is 1. The van der Waals surface area contributed by atoms with E-state index in [9.17, 15) is 0 Å². The molecule has 0 spiro atoms. The molecule has 0 aliphatic heterocycles. The number of ether oxygens (including phenoxy) is 1. The normalized spacial score (nSPS) is 12.3. The molecule has 1 atom stereocenters. The van der Waals surface area contributed by atoms with Gasteiger partial charge in [0.05, 0.1) is 7.11 Å². The maximum absolute atomic E-state index is 5.18. The van der Waals surface area contributed by atoms with Gasteiger partial charge in [-0.2, -0.15) is 0 Å². The number of benzene rings is 1. The first kappa shape index (κ1) is 15.8. The van der Waals surface area contributed by atoms with Gasteiger partial charge in [-0.3, -0.25) is 0 Å². The molecule has 0 amide bonds. The van der Waals surface area contributed by atoms with Gasteiger partial charge in [0.2, 0.25) is 0 Å². The first-order valence-corrected chi connectivity index (χ1v) is 7.74. The molecule has 0 aliphatic rings. The molecular formula is C16H20BrN3O. The van der Waals surface area contributed by atoms with Crippen molar-refractivity contribution < 1.29 is 4.74 Å². The lowest BCUT2D eigenvalue weighted by Gasteiger charge is -2.16. The van der Waals surface area contributed by atoms with E-state index < -0.39 is 0 Å². The van der Waals surface area contributed by atoms with Crippen molar-refractivity contribution in [3.05, 3.63) is 46.3 Å². The average Bonchev–Trinajstić information content (AvgIpc) is 2.46. The van der Waals surface area contributed by atoms with Crippen molar-refractivity contribution in [2.75, 3.05) is 12.4 Å². The van der Waals surface area contributed by atoms with E-state index in [1.54, 1.807) is 7.11 Å². The number of nitrogens with one attached hydrogen (secondary N) is 1. The Kier molecular flexibility index (Phi) is 5.17. The summed E-state index contributed by atoms with van der Waals surface area (Å²) in [4.78, 5) is 8.94. The van der Waals surface area contributed by atoms with Gasteiger partial charge in [-0.25, -0.2) is 9.97 Å². The third-order valence-electron chi connectivity index (χ3n) is 3.21. The minimum absolute atomic E-state index is 0.151. The maximum Gasteiger partial charge on any atom is 0.134 e. The molecule has 21 heavy (non-hydrogen) atoms. The second-order valence-corrected chi connectivity index (χ2v) is 6.04. The van der Waals surface area contributed by atoms with Gasteiger partial charge < -0.3 is 10.1 Å². The van der Waals surface area contributed by atoms with Crippen molar-refractivity contribution >= 4 is 21.7 Å². The summed E-state index contributed by atoms with van der Waals surface area (Å²) in [5.41, 5.74) is 1.18. The lowest BCUT2D eigenvalue weighted by Crippen LogP contribution is -2.10. The number of rotatable bonds is 5. The second-order valence-electron chi connectivity index (χ2n) is 5.23. The fourth-order valence-corrected chi connectivity index (χ4v) is 2.36. The topological polar surface area (TPSA) is 47.0 Å². The van der Waals surface area contributed by atoms with Crippen molar-refractivity contribution in [3.63, 3.8) is 0 Å². The van der Waals surface area contributed by atoms with Gasteiger partial charge >= 0.3 is 0 Å². The van der Waals surface area contributed by atoms with Crippen molar-refractivity contribution in [2.24, 2.45) is 0 Å². The second kappa shape index (κ2) is 6.89. The average molecular weight is 350 g/mol. The van der Waals surface area contributed by atoms with Crippen LogP contribution in [-0.2, 0) is 0 Å². The number of hydrogen-bond acceptors (Lipinski definition) is 4. The molecule has 0 aliphatic carbocycles. The van der Waals surface area contributed by atoms with Crippen LogP contribution in [0.1, 0.15) is 44.1 Å². The first-order valence-electron chi connectivity index (χ1n) is 6.94. The molecule has 1 unspecified atom stereocenters. The van der Waals surface area contributed by atoms with E-state index >= 15 is 0 Å². The molecule has 112 valence electrons. The highest BCUT2D eigenvalue weighted by atomic mass is 79.9. The SMILES string of the molecule is COc1ccc(C(C)Nc2cc(Br)nc(C(C)C)n2)cc1. The summed E-state index contributed by atoms with van der Waals surface area (Å²) in [5.74, 6) is 2.80. The van der Waals surface area contributed by atoms with E-state index in [0.717, 1.165) is 22.0 Å². The minimum atomic E-state index is 0.151. The fraction of sp³-hybridized carbons (Fsp3) is 0.375. The van der Waals surface area contributed by atoms with E-state index in [0.29, 0.717) is 5.92 Å². The van der Waals surface area contributed by atoms with Gasteiger partial charge in [-0.1, -0.05) is 26.0 Å². The van der Waals surface area contributed by atoms with E-state index in [-0.39, 0.29) is 6.04 Å². The molecular weight excluding hydrogens is 330 g/mol. The molecule has 2 aromatic rings. The molecule has 0 radical (unpaired) electrons. The van der Waals surface area contributed by atoms with Crippen LogP contribution >= 0.6 is 15.9 Å². The van der Waals surface area contributed by atoms with Crippen LogP contribution in [0.25, 0.3) is 0 Å². The fourth-order valence-electron chi connectivity index (χ4n) is 1.97. The summed E-state index contributed by atoms with van der Waals surface area (Å²) in [6.07, 6.45) is 0. The summed E-state index contributed by atoms with van der Waals surface area (Å²) >= 11 is 3.44. The minimum Gasteiger partial charge on any atom is -0.497 e. The van der Waals surface area contributed by atoms with E-state index in [1.165, 1.54) is 5.56 Å². The Morgan fingerprint density at radius 1 is 1.10 bits per heavy atom. The highest BCUT2D eigenvalue weighted by molar-refractivity contribution is 9.10. The number of hydrogen-bond donors (Lipinski definition) is 1. The number of halogens is 1. The Bertz CT molecular complexity index is 599. The summed E-state index contributed by atoms with van der Waals surface area (Å²) < 4.78 is 5.97. The third-order valence-corrected chi connectivity index (χ3v) is 3.62. The predicted molar refractivity (Wildman–Crippen MR) is 88.9 cm³/mol. The highest BCUT2D eigenvalue weighted by Crippen LogP contribution is 2.23. The summed E-state index contributed by atoms with van der Waals surface area (Å²) in [5, 5.41) is 3.41. The number of nitrogens with zero attached hydrogens (tertiary/aromatic N) is 2. The van der Waals surface area contributed by atoms with Crippen LogP contribution in [0.5, 0.6) is 5.75 Å². The van der Waals surface area contributed by atoms with Crippen molar-refractivity contribution in [2.45, 2.75) is 32.7 Å². The van der Waals surface area contributed by atoms with Crippen LogP contribution in [-0.4, -0.2) is 17.1 Å². The largest absolute Gasteiger partial charge is 0.497 e. The van der Waals surface area contributed by atoms with Gasteiger partial charge in [-0.05, 0) is 40.5 Å². The summed E-state index contributed by atoms with van der Waals surface area (Å²) in [7, 11) is 1.67. The van der Waals surface area contributed by atoms with E-state index in [4.69, 9.17) is 4.74 Å². The van der Waals surface area contributed by atoms with Gasteiger partial charge in [0.1, 0.15) is 22.0 Å². The Hall–Kier alpha value is -1.62. The van der Waals surface area contributed by atoms with Gasteiger partial charge in [-0.15, -0.1) is 0 Å². The van der Waals surface area contributed by atoms with Crippen LogP contribution < -0.4 is 10.1 Å². The van der Waals surface area contributed by atoms with Crippen molar-refractivity contribution in [1.29, 1.82) is 0 Å². The molecule has 0 saturated heterocycles. The summed E-state index contributed by atoms with van der Waals surface area (Å²) in [6, 6.07) is 10.1. The smallest absolute Gasteiger partial charge is 0.134 e. The third kappa shape index (κ3) is 4.17. The van der Waals surface area contributed by atoms with Crippen LogP contribution in [0, 0.1) is 0 Å². The molecule has 1 aromatic carbocycles. The molecule has 5 heteroatoms. The lowest BCUT2D eigenvalue weighted by molar-refractivity contribution is 0.414. The lowest BCUT2D eigenvalue weighted by atomic mass is 10.1. The van der Waals surface area contributed by atoms with Crippen LogP contribution in [0.2, 0.25) is 0 Å². The van der Waals surface area contributed by atoms with Crippen LogP contribution in [0.4, 0.5) is 5.82 Å². The van der Waals surface area contributed by atoms with Crippen molar-refractivity contribution in [1.82, 2.24) is 9.97 Å². The predicted octanol–water partition coefficient (Wildman–Crippen LogP) is 4.54. The molecule has 0 saturated carbocycles. The number of aromatic nitrogens is 2. The van der Waals surface area contributed by atoms with Crippen molar-refractivity contribution in [3.8, 4) is 5.75 Å². The molecule has 1 N–H and O–H groups in total. The highest BCUT2D eigenvalue weighted by Gasteiger charge is 2.10. The standard InChI is InChI=1S/C16H20BrN3O/c1-10(2)16-19-14(17)9-15(20-16)18-11(3)12-5-7-13(21-4)8-6-12/h5-11H,1-4H3,(H,18,19,20). The monoisotopic (exact) mass is 349 g/mol. The molecule has 1 heterocycles.